The Kier molecular flexibility index (Phi) is 4.69. The van der Waals surface area contributed by atoms with Crippen LogP contribution in [0.15, 0.2) is 29.2 Å². The predicted molar refractivity (Wildman–Crippen MR) is 64.8 cm³/mol. The molecule has 0 aliphatic rings. The predicted octanol–water partition coefficient (Wildman–Crippen LogP) is 0.535. The highest BCUT2D eigenvalue weighted by atomic mass is 32.2. The van der Waals surface area contributed by atoms with E-state index in [-0.39, 0.29) is 4.90 Å². The van der Waals surface area contributed by atoms with E-state index in [0.29, 0.717) is 5.75 Å². The molecule has 0 heterocycles. The molecule has 0 unspecified atom stereocenters. The molecule has 0 aromatic heterocycles. The Morgan fingerprint density at radius 1 is 1.22 bits per heavy atom. The average Bonchev–Trinajstić information content (AvgIpc) is 2.37. The van der Waals surface area contributed by atoms with Gasteiger partial charge in [0.05, 0.1) is 19.1 Å². The SMILES string of the molecule is COC(=O)[C@@H](C)NS(=O)(=O)c1ccc(OC)cc1. The van der Waals surface area contributed by atoms with Crippen molar-refractivity contribution in [2.24, 2.45) is 0 Å². The number of benzene rings is 1. The van der Waals surface area contributed by atoms with Crippen molar-refractivity contribution in [2.45, 2.75) is 17.9 Å². The van der Waals surface area contributed by atoms with Crippen LogP contribution in [0.2, 0.25) is 0 Å². The molecule has 0 amide bonds. The van der Waals surface area contributed by atoms with Crippen molar-refractivity contribution in [1.29, 1.82) is 0 Å². The summed E-state index contributed by atoms with van der Waals surface area (Å²) in [6, 6.07) is 4.90. The smallest absolute Gasteiger partial charge is 0.323 e. The first kappa shape index (κ1) is 14.5. The Hall–Kier alpha value is -1.60. The van der Waals surface area contributed by atoms with E-state index < -0.39 is 22.0 Å². The Morgan fingerprint density at radius 2 is 1.78 bits per heavy atom. The minimum atomic E-state index is -3.75. The van der Waals surface area contributed by atoms with E-state index >= 15 is 0 Å². The zero-order valence-corrected chi connectivity index (χ0v) is 11.2. The van der Waals surface area contributed by atoms with E-state index in [1.54, 1.807) is 0 Å². The largest absolute Gasteiger partial charge is 0.497 e. The molecule has 1 aromatic rings. The third-order valence-electron chi connectivity index (χ3n) is 2.26. The van der Waals surface area contributed by atoms with Crippen LogP contribution in [0.25, 0.3) is 0 Å². The summed E-state index contributed by atoms with van der Waals surface area (Å²) in [5.41, 5.74) is 0. The highest BCUT2D eigenvalue weighted by Gasteiger charge is 2.22. The molecule has 1 N–H and O–H groups in total. The molecule has 7 heteroatoms. The Morgan fingerprint density at radius 3 is 2.22 bits per heavy atom. The lowest BCUT2D eigenvalue weighted by atomic mass is 10.3. The number of hydrogen-bond acceptors (Lipinski definition) is 5. The van der Waals surface area contributed by atoms with Crippen molar-refractivity contribution in [3.05, 3.63) is 24.3 Å². The molecule has 0 spiro atoms. The minimum absolute atomic E-state index is 0.0547. The van der Waals surface area contributed by atoms with Gasteiger partial charge in [0.2, 0.25) is 10.0 Å². The summed E-state index contributed by atoms with van der Waals surface area (Å²) in [5.74, 6) is -0.0953. The number of carbonyl (C=O) groups excluding carboxylic acids is 1. The molecule has 1 rings (SSSR count). The van der Waals surface area contributed by atoms with Crippen LogP contribution < -0.4 is 9.46 Å². The second-order valence-corrected chi connectivity index (χ2v) is 5.26. The number of methoxy groups -OCH3 is 2. The number of carbonyl (C=O) groups is 1. The average molecular weight is 273 g/mol. The number of esters is 1. The summed E-state index contributed by atoms with van der Waals surface area (Å²) in [6.45, 7) is 1.41. The second kappa shape index (κ2) is 5.83. The van der Waals surface area contributed by atoms with Crippen LogP contribution in [-0.4, -0.2) is 34.6 Å². The highest BCUT2D eigenvalue weighted by molar-refractivity contribution is 7.89. The van der Waals surface area contributed by atoms with Gasteiger partial charge in [-0.05, 0) is 31.2 Å². The van der Waals surface area contributed by atoms with Crippen LogP contribution in [0.1, 0.15) is 6.92 Å². The lowest BCUT2D eigenvalue weighted by Gasteiger charge is -2.12. The van der Waals surface area contributed by atoms with Crippen LogP contribution in [0.3, 0.4) is 0 Å². The first-order valence-electron chi connectivity index (χ1n) is 5.15. The van der Waals surface area contributed by atoms with Gasteiger partial charge >= 0.3 is 5.97 Å². The molecule has 0 fully saturated rings. The fraction of sp³-hybridized carbons (Fsp3) is 0.364. The molecule has 1 atom stereocenters. The van der Waals surface area contributed by atoms with Gasteiger partial charge in [-0.15, -0.1) is 0 Å². The maximum Gasteiger partial charge on any atom is 0.323 e. The van der Waals surface area contributed by atoms with Gasteiger partial charge in [0.1, 0.15) is 11.8 Å². The standard InChI is InChI=1S/C11H15NO5S/c1-8(11(13)17-3)12-18(14,15)10-6-4-9(16-2)5-7-10/h4-8,12H,1-3H3/t8-/m1/s1. The summed E-state index contributed by atoms with van der Waals surface area (Å²) in [7, 11) is -1.06. The molecule has 0 aliphatic heterocycles. The zero-order chi connectivity index (χ0) is 13.8. The molecule has 0 aliphatic carbocycles. The van der Waals surface area contributed by atoms with Gasteiger partial charge in [0, 0.05) is 0 Å². The van der Waals surface area contributed by atoms with Gasteiger partial charge < -0.3 is 9.47 Å². The molecule has 18 heavy (non-hydrogen) atoms. The van der Waals surface area contributed by atoms with Gasteiger partial charge in [-0.1, -0.05) is 0 Å². The van der Waals surface area contributed by atoms with Crippen LogP contribution in [-0.2, 0) is 19.6 Å². The van der Waals surface area contributed by atoms with Crippen molar-refractivity contribution < 1.29 is 22.7 Å². The fourth-order valence-corrected chi connectivity index (χ4v) is 2.47. The van der Waals surface area contributed by atoms with Crippen molar-refractivity contribution in [2.75, 3.05) is 14.2 Å². The van der Waals surface area contributed by atoms with E-state index in [4.69, 9.17) is 4.74 Å². The molecule has 1 aromatic carbocycles. The summed E-state index contributed by atoms with van der Waals surface area (Å²) < 4.78 is 35.4. The summed E-state index contributed by atoms with van der Waals surface area (Å²) in [4.78, 5) is 11.2. The molecule has 0 saturated carbocycles. The van der Waals surface area contributed by atoms with Crippen molar-refractivity contribution in [3.8, 4) is 5.75 Å². The van der Waals surface area contributed by atoms with E-state index in [0.717, 1.165) is 0 Å². The van der Waals surface area contributed by atoms with Gasteiger partial charge in [-0.2, -0.15) is 4.72 Å². The van der Waals surface area contributed by atoms with Gasteiger partial charge in [-0.3, -0.25) is 4.79 Å². The molecule has 6 nitrogen and oxygen atoms in total. The summed E-state index contributed by atoms with van der Waals surface area (Å²) >= 11 is 0. The lowest BCUT2D eigenvalue weighted by molar-refractivity contribution is -0.142. The quantitative estimate of drug-likeness (QED) is 0.792. The molecule has 0 radical (unpaired) electrons. The van der Waals surface area contributed by atoms with Crippen molar-refractivity contribution >= 4 is 16.0 Å². The number of hydrogen-bond donors (Lipinski definition) is 1. The maximum absolute atomic E-state index is 11.9. The third kappa shape index (κ3) is 3.44. The fourth-order valence-electron chi connectivity index (χ4n) is 1.28. The first-order chi connectivity index (χ1) is 8.40. The topological polar surface area (TPSA) is 81.7 Å². The number of rotatable bonds is 5. The van der Waals surface area contributed by atoms with Crippen molar-refractivity contribution in [3.63, 3.8) is 0 Å². The lowest BCUT2D eigenvalue weighted by Crippen LogP contribution is -2.39. The second-order valence-electron chi connectivity index (χ2n) is 3.54. The third-order valence-corrected chi connectivity index (χ3v) is 3.81. The Balaban J connectivity index is 2.89. The minimum Gasteiger partial charge on any atom is -0.497 e. The maximum atomic E-state index is 11.9. The number of ether oxygens (including phenoxy) is 2. The molecule has 0 saturated heterocycles. The number of nitrogens with one attached hydrogen (secondary N) is 1. The van der Waals surface area contributed by atoms with E-state index in [1.807, 2.05) is 0 Å². The van der Waals surface area contributed by atoms with Crippen LogP contribution >= 0.6 is 0 Å². The summed E-state index contributed by atoms with van der Waals surface area (Å²) in [5, 5.41) is 0. The van der Waals surface area contributed by atoms with Crippen LogP contribution in [0.4, 0.5) is 0 Å². The van der Waals surface area contributed by atoms with Crippen LogP contribution in [0.5, 0.6) is 5.75 Å². The van der Waals surface area contributed by atoms with Crippen LogP contribution in [0, 0.1) is 0 Å². The van der Waals surface area contributed by atoms with Gasteiger partial charge in [0.15, 0.2) is 0 Å². The molecular formula is C11H15NO5S. The Bertz CT molecular complexity index is 509. The normalized spacial score (nSPS) is 12.8. The van der Waals surface area contributed by atoms with E-state index in [9.17, 15) is 13.2 Å². The van der Waals surface area contributed by atoms with E-state index in [1.165, 1.54) is 45.4 Å². The van der Waals surface area contributed by atoms with Gasteiger partial charge in [0.25, 0.3) is 0 Å². The molecule has 100 valence electrons. The molecule has 0 bridgehead atoms. The van der Waals surface area contributed by atoms with E-state index in [2.05, 4.69) is 9.46 Å². The number of sulfonamides is 1. The Labute approximate surface area is 106 Å². The zero-order valence-electron chi connectivity index (χ0n) is 10.3. The van der Waals surface area contributed by atoms with Crippen molar-refractivity contribution in [1.82, 2.24) is 4.72 Å². The summed E-state index contributed by atoms with van der Waals surface area (Å²) in [6.07, 6.45) is 0. The first-order valence-corrected chi connectivity index (χ1v) is 6.63. The molecular weight excluding hydrogens is 258 g/mol. The van der Waals surface area contributed by atoms with Gasteiger partial charge in [-0.25, -0.2) is 8.42 Å². The monoisotopic (exact) mass is 273 g/mol. The highest BCUT2D eigenvalue weighted by Crippen LogP contribution is 2.15.